The van der Waals surface area contributed by atoms with E-state index >= 15 is 0 Å². The maximum atomic E-state index is 11.5. The third-order valence-corrected chi connectivity index (χ3v) is 3.50. The molecule has 0 saturated heterocycles. The van der Waals surface area contributed by atoms with Gasteiger partial charge in [-0.05, 0) is 31.7 Å². The summed E-state index contributed by atoms with van der Waals surface area (Å²) in [6.07, 6.45) is 3.69. The Labute approximate surface area is 104 Å². The van der Waals surface area contributed by atoms with Crippen LogP contribution < -0.4 is 11.1 Å². The smallest absolute Gasteiger partial charge is 0.237 e. The van der Waals surface area contributed by atoms with Gasteiger partial charge in [0.05, 0.1) is 6.10 Å². The van der Waals surface area contributed by atoms with Crippen molar-refractivity contribution in [2.45, 2.75) is 58.1 Å². The minimum Gasteiger partial charge on any atom is -0.378 e. The Hall–Kier alpha value is -0.610. The third-order valence-electron chi connectivity index (χ3n) is 3.50. The third kappa shape index (κ3) is 3.96. The first-order valence-corrected chi connectivity index (χ1v) is 6.66. The van der Waals surface area contributed by atoms with Crippen molar-refractivity contribution in [3.63, 3.8) is 0 Å². The summed E-state index contributed by atoms with van der Waals surface area (Å²) in [5.41, 5.74) is 4.97. The lowest BCUT2D eigenvalue weighted by atomic mass is 9.96. The normalized spacial score (nSPS) is 28.8. The summed E-state index contributed by atoms with van der Waals surface area (Å²) in [5, 5.41) is 3.23. The summed E-state index contributed by atoms with van der Waals surface area (Å²) in [7, 11) is 0. The molecule has 0 aliphatic heterocycles. The van der Waals surface area contributed by atoms with Crippen LogP contribution in [0.2, 0.25) is 0 Å². The number of carbonyl (C=O) groups excluding carboxylic acids is 1. The maximum Gasteiger partial charge on any atom is 0.237 e. The molecule has 0 spiro atoms. The number of amides is 1. The van der Waals surface area contributed by atoms with Crippen molar-refractivity contribution in [1.82, 2.24) is 5.32 Å². The van der Waals surface area contributed by atoms with E-state index in [1.807, 2.05) is 6.92 Å². The minimum absolute atomic E-state index is 0.181. The van der Waals surface area contributed by atoms with Crippen molar-refractivity contribution in [1.29, 1.82) is 0 Å². The Morgan fingerprint density at radius 2 is 2.29 bits per heavy atom. The number of hydrogen-bond acceptors (Lipinski definition) is 3. The Morgan fingerprint density at radius 1 is 1.59 bits per heavy atom. The van der Waals surface area contributed by atoms with Gasteiger partial charge in [0.25, 0.3) is 0 Å². The Bertz CT molecular complexity index is 256. The van der Waals surface area contributed by atoms with Gasteiger partial charge in [0.1, 0.15) is 5.54 Å². The van der Waals surface area contributed by atoms with Gasteiger partial charge in [0.15, 0.2) is 0 Å². The first kappa shape index (κ1) is 14.5. The monoisotopic (exact) mass is 242 g/mol. The van der Waals surface area contributed by atoms with Gasteiger partial charge in [-0.1, -0.05) is 20.8 Å². The second kappa shape index (κ2) is 6.36. The van der Waals surface area contributed by atoms with Crippen molar-refractivity contribution in [3.8, 4) is 0 Å². The molecule has 2 atom stereocenters. The van der Waals surface area contributed by atoms with Crippen LogP contribution in [0.4, 0.5) is 0 Å². The number of nitrogens with two attached hydrogens (primary N) is 1. The highest BCUT2D eigenvalue weighted by Crippen LogP contribution is 2.32. The van der Waals surface area contributed by atoms with Gasteiger partial charge in [-0.2, -0.15) is 0 Å². The fourth-order valence-electron chi connectivity index (χ4n) is 2.42. The molecule has 0 bridgehead atoms. The Morgan fingerprint density at radius 3 is 2.82 bits per heavy atom. The molecule has 1 aliphatic carbocycles. The van der Waals surface area contributed by atoms with Gasteiger partial charge >= 0.3 is 0 Å². The molecule has 2 unspecified atom stereocenters. The number of rotatable bonds is 7. The standard InChI is InChI=1S/C13H26N2O2/c1-4-15-13(12(14)16)7-5-11(9-13)17-8-6-10(2)3/h10-11,15H,4-9H2,1-3H3,(H2,14,16). The van der Waals surface area contributed by atoms with Crippen LogP contribution in [-0.2, 0) is 9.53 Å². The second-order valence-corrected chi connectivity index (χ2v) is 5.39. The summed E-state index contributed by atoms with van der Waals surface area (Å²) >= 11 is 0. The molecule has 3 N–H and O–H groups in total. The van der Waals surface area contributed by atoms with E-state index in [1.54, 1.807) is 0 Å². The van der Waals surface area contributed by atoms with Crippen molar-refractivity contribution in [3.05, 3.63) is 0 Å². The number of primary amides is 1. The second-order valence-electron chi connectivity index (χ2n) is 5.39. The zero-order chi connectivity index (χ0) is 12.9. The average Bonchev–Trinajstić information content (AvgIpc) is 2.63. The van der Waals surface area contributed by atoms with Gasteiger partial charge in [-0.3, -0.25) is 4.79 Å². The number of hydrogen-bond donors (Lipinski definition) is 2. The van der Waals surface area contributed by atoms with Crippen LogP contribution in [-0.4, -0.2) is 30.7 Å². The molecule has 4 heteroatoms. The number of carbonyl (C=O) groups is 1. The number of ether oxygens (including phenoxy) is 1. The lowest BCUT2D eigenvalue weighted by molar-refractivity contribution is -0.124. The molecule has 17 heavy (non-hydrogen) atoms. The predicted molar refractivity (Wildman–Crippen MR) is 68.6 cm³/mol. The zero-order valence-electron chi connectivity index (χ0n) is 11.3. The van der Waals surface area contributed by atoms with E-state index in [4.69, 9.17) is 10.5 Å². The van der Waals surface area contributed by atoms with E-state index in [0.717, 1.165) is 32.4 Å². The lowest BCUT2D eigenvalue weighted by Crippen LogP contribution is -2.53. The summed E-state index contributed by atoms with van der Waals surface area (Å²) < 4.78 is 5.82. The molecule has 1 aliphatic rings. The molecule has 0 aromatic heterocycles. The van der Waals surface area contributed by atoms with Gasteiger partial charge < -0.3 is 15.8 Å². The minimum atomic E-state index is -0.531. The van der Waals surface area contributed by atoms with Crippen LogP contribution in [0.1, 0.15) is 46.5 Å². The largest absolute Gasteiger partial charge is 0.378 e. The van der Waals surface area contributed by atoms with E-state index in [2.05, 4.69) is 19.2 Å². The lowest BCUT2D eigenvalue weighted by Gasteiger charge is -2.26. The van der Waals surface area contributed by atoms with Crippen molar-refractivity contribution < 1.29 is 9.53 Å². The molecule has 0 heterocycles. The van der Waals surface area contributed by atoms with Gasteiger partial charge in [0.2, 0.25) is 5.91 Å². The average molecular weight is 242 g/mol. The SMILES string of the molecule is CCNC1(C(N)=O)CCC(OCCC(C)C)C1. The van der Waals surface area contributed by atoms with E-state index in [-0.39, 0.29) is 12.0 Å². The molecule has 0 radical (unpaired) electrons. The molecule has 1 saturated carbocycles. The van der Waals surface area contributed by atoms with Crippen LogP contribution in [0, 0.1) is 5.92 Å². The first-order chi connectivity index (χ1) is 8.00. The molecule has 100 valence electrons. The molecule has 1 fully saturated rings. The molecule has 1 rings (SSSR count). The fraction of sp³-hybridized carbons (Fsp3) is 0.923. The zero-order valence-corrected chi connectivity index (χ0v) is 11.3. The van der Waals surface area contributed by atoms with Crippen LogP contribution in [0.5, 0.6) is 0 Å². The molecular weight excluding hydrogens is 216 g/mol. The topological polar surface area (TPSA) is 64.3 Å². The van der Waals surface area contributed by atoms with Crippen LogP contribution in [0.15, 0.2) is 0 Å². The van der Waals surface area contributed by atoms with E-state index < -0.39 is 5.54 Å². The van der Waals surface area contributed by atoms with Crippen molar-refractivity contribution in [2.24, 2.45) is 11.7 Å². The van der Waals surface area contributed by atoms with E-state index in [0.29, 0.717) is 12.3 Å². The highest BCUT2D eigenvalue weighted by molar-refractivity contribution is 5.85. The van der Waals surface area contributed by atoms with Crippen molar-refractivity contribution in [2.75, 3.05) is 13.2 Å². The molecular formula is C13H26N2O2. The van der Waals surface area contributed by atoms with Crippen LogP contribution >= 0.6 is 0 Å². The van der Waals surface area contributed by atoms with Crippen LogP contribution in [0.3, 0.4) is 0 Å². The van der Waals surface area contributed by atoms with Gasteiger partial charge in [0, 0.05) is 13.0 Å². The molecule has 0 aromatic carbocycles. The van der Waals surface area contributed by atoms with E-state index in [9.17, 15) is 4.79 Å². The predicted octanol–water partition coefficient (Wildman–Crippen LogP) is 1.44. The van der Waals surface area contributed by atoms with E-state index in [1.165, 1.54) is 0 Å². The van der Waals surface area contributed by atoms with Crippen LogP contribution in [0.25, 0.3) is 0 Å². The highest BCUT2D eigenvalue weighted by Gasteiger charge is 2.43. The number of likely N-dealkylation sites (N-methyl/N-ethyl adjacent to an activating group) is 1. The quantitative estimate of drug-likeness (QED) is 0.710. The molecule has 4 nitrogen and oxygen atoms in total. The number of nitrogens with one attached hydrogen (secondary N) is 1. The summed E-state index contributed by atoms with van der Waals surface area (Å²) in [5.74, 6) is 0.417. The Balaban J connectivity index is 2.41. The van der Waals surface area contributed by atoms with Gasteiger partial charge in [-0.25, -0.2) is 0 Å². The van der Waals surface area contributed by atoms with Gasteiger partial charge in [-0.15, -0.1) is 0 Å². The maximum absolute atomic E-state index is 11.5. The Kier molecular flexibility index (Phi) is 5.40. The fourth-order valence-corrected chi connectivity index (χ4v) is 2.42. The summed E-state index contributed by atoms with van der Waals surface area (Å²) in [6.45, 7) is 7.91. The molecule has 1 amide bonds. The van der Waals surface area contributed by atoms with Crippen molar-refractivity contribution >= 4 is 5.91 Å². The summed E-state index contributed by atoms with van der Waals surface area (Å²) in [6, 6.07) is 0. The summed E-state index contributed by atoms with van der Waals surface area (Å²) in [4.78, 5) is 11.5. The highest BCUT2D eigenvalue weighted by atomic mass is 16.5. The molecule has 0 aromatic rings. The first-order valence-electron chi connectivity index (χ1n) is 6.66.